The summed E-state index contributed by atoms with van der Waals surface area (Å²) in [5, 5.41) is 11.1. The van der Waals surface area contributed by atoms with Crippen molar-refractivity contribution in [1.82, 2.24) is 9.88 Å². The molecule has 1 spiro atoms. The number of nitrogens with zero attached hydrogens (tertiary/aromatic N) is 1. The Morgan fingerprint density at radius 2 is 2.17 bits per heavy atom. The first-order valence-corrected chi connectivity index (χ1v) is 12.3. The van der Waals surface area contributed by atoms with E-state index >= 15 is 4.39 Å². The van der Waals surface area contributed by atoms with Crippen LogP contribution in [-0.2, 0) is 35.3 Å². The van der Waals surface area contributed by atoms with Crippen molar-refractivity contribution >= 4 is 16.8 Å². The molecule has 2 unspecified atom stereocenters. The van der Waals surface area contributed by atoms with E-state index in [2.05, 4.69) is 11.6 Å². The Hall–Kier alpha value is -3.00. The van der Waals surface area contributed by atoms with Gasteiger partial charge in [0.2, 0.25) is 5.91 Å². The number of hydrogen-bond donors (Lipinski definition) is 3. The molecule has 182 valence electrons. The fraction of sp³-hybridized carbons (Fsp3) is 0.393. The van der Waals surface area contributed by atoms with E-state index in [1.807, 2.05) is 18.2 Å². The SMILES string of the molecule is C=CC(=O)N1CCc2c(cccc2-c2c(F)cc(C(N)O)c3[nH]c4c(c23)CC2(CCOC2)CC4)C1. The molecule has 1 amide bonds. The summed E-state index contributed by atoms with van der Waals surface area (Å²) < 4.78 is 21.8. The summed E-state index contributed by atoms with van der Waals surface area (Å²) in [5.41, 5.74) is 12.7. The third kappa shape index (κ3) is 3.53. The fourth-order valence-corrected chi connectivity index (χ4v) is 6.39. The van der Waals surface area contributed by atoms with Gasteiger partial charge in [-0.05, 0) is 66.5 Å². The minimum absolute atomic E-state index is 0.0782. The number of amides is 1. The zero-order chi connectivity index (χ0) is 24.3. The number of H-pyrrole nitrogens is 1. The molecule has 3 heterocycles. The van der Waals surface area contributed by atoms with Gasteiger partial charge in [-0.3, -0.25) is 4.79 Å². The molecule has 2 atom stereocenters. The number of nitrogens with two attached hydrogens (primary N) is 1. The molecule has 0 radical (unpaired) electrons. The van der Waals surface area contributed by atoms with Crippen LogP contribution in [0.25, 0.3) is 22.0 Å². The van der Waals surface area contributed by atoms with Gasteiger partial charge in [0.25, 0.3) is 0 Å². The average Bonchev–Trinajstić information content (AvgIpc) is 3.47. The number of rotatable bonds is 3. The van der Waals surface area contributed by atoms with Crippen molar-refractivity contribution in [2.24, 2.45) is 11.1 Å². The lowest BCUT2D eigenvalue weighted by atomic mass is 9.72. The number of carbonyl (C=O) groups excluding carboxylic acids is 1. The number of halogens is 1. The number of aromatic amines is 1. The molecule has 2 aliphatic heterocycles. The van der Waals surface area contributed by atoms with Crippen molar-refractivity contribution in [2.45, 2.75) is 44.9 Å². The largest absolute Gasteiger partial charge is 0.381 e. The molecule has 1 aromatic heterocycles. The van der Waals surface area contributed by atoms with Crippen LogP contribution in [0.4, 0.5) is 4.39 Å². The molecule has 3 aromatic rings. The Kier molecular flexibility index (Phi) is 5.32. The number of hydrogen-bond acceptors (Lipinski definition) is 4. The molecule has 1 saturated heterocycles. The average molecular weight is 476 g/mol. The molecular weight excluding hydrogens is 445 g/mol. The smallest absolute Gasteiger partial charge is 0.246 e. The number of nitrogens with one attached hydrogen (secondary N) is 1. The molecular formula is C28H30FN3O3. The molecule has 0 saturated carbocycles. The third-order valence-corrected chi connectivity index (χ3v) is 8.23. The van der Waals surface area contributed by atoms with Crippen LogP contribution in [0.3, 0.4) is 0 Å². The van der Waals surface area contributed by atoms with Gasteiger partial charge in [-0.1, -0.05) is 24.8 Å². The lowest BCUT2D eigenvalue weighted by Gasteiger charge is -2.32. The van der Waals surface area contributed by atoms with Crippen LogP contribution in [0.5, 0.6) is 0 Å². The van der Waals surface area contributed by atoms with Gasteiger partial charge in [-0.25, -0.2) is 4.39 Å². The number of ether oxygens (including phenoxy) is 1. The van der Waals surface area contributed by atoms with Crippen LogP contribution in [0, 0.1) is 11.2 Å². The van der Waals surface area contributed by atoms with Gasteiger partial charge < -0.3 is 25.5 Å². The van der Waals surface area contributed by atoms with E-state index in [9.17, 15) is 9.90 Å². The summed E-state index contributed by atoms with van der Waals surface area (Å²) in [4.78, 5) is 17.5. The first kappa shape index (κ1) is 22.5. The Morgan fingerprint density at radius 1 is 1.31 bits per heavy atom. The maximum atomic E-state index is 16.0. The fourth-order valence-electron chi connectivity index (χ4n) is 6.39. The molecule has 35 heavy (non-hydrogen) atoms. The summed E-state index contributed by atoms with van der Waals surface area (Å²) in [7, 11) is 0. The summed E-state index contributed by atoms with van der Waals surface area (Å²) in [6.45, 7) is 6.13. The highest BCUT2D eigenvalue weighted by molar-refractivity contribution is 6.01. The second-order valence-corrected chi connectivity index (χ2v) is 10.2. The van der Waals surface area contributed by atoms with Gasteiger partial charge >= 0.3 is 0 Å². The van der Waals surface area contributed by atoms with E-state index in [4.69, 9.17) is 10.5 Å². The predicted octanol–water partition coefficient (Wildman–Crippen LogP) is 3.89. The predicted molar refractivity (Wildman–Crippen MR) is 132 cm³/mol. The maximum absolute atomic E-state index is 16.0. The summed E-state index contributed by atoms with van der Waals surface area (Å²) in [5.74, 6) is -0.487. The number of aliphatic hydroxyl groups is 1. The molecule has 1 aliphatic carbocycles. The second-order valence-electron chi connectivity index (χ2n) is 10.2. The van der Waals surface area contributed by atoms with Gasteiger partial charge in [0.15, 0.2) is 0 Å². The number of carbonyl (C=O) groups is 1. The number of fused-ring (bicyclic) bond motifs is 4. The van der Waals surface area contributed by atoms with Crippen molar-refractivity contribution in [3.8, 4) is 11.1 Å². The molecule has 1 fully saturated rings. The summed E-state index contributed by atoms with van der Waals surface area (Å²) >= 11 is 0. The number of aromatic nitrogens is 1. The standard InChI is InChI=1S/C28H30FN3O3/c1-2-23(33)32-10-7-17-16(14-32)4-3-5-18(17)24-21(29)12-19(27(30)34)26-25(24)20-13-28(9-11-35-15-28)8-6-22(20)31-26/h2-5,12,27,31,34H,1,6-11,13-15,30H2. The maximum Gasteiger partial charge on any atom is 0.246 e. The highest BCUT2D eigenvalue weighted by Gasteiger charge is 2.40. The number of benzene rings is 2. The summed E-state index contributed by atoms with van der Waals surface area (Å²) in [6.07, 6.45) is 4.40. The number of aryl methyl sites for hydroxylation is 1. The second kappa shape index (κ2) is 8.29. The Morgan fingerprint density at radius 3 is 2.91 bits per heavy atom. The van der Waals surface area contributed by atoms with Crippen molar-refractivity contribution in [1.29, 1.82) is 0 Å². The van der Waals surface area contributed by atoms with Gasteiger partial charge in [-0.2, -0.15) is 0 Å². The first-order chi connectivity index (χ1) is 16.9. The quantitative estimate of drug-likeness (QED) is 0.396. The van der Waals surface area contributed by atoms with E-state index in [1.54, 1.807) is 4.90 Å². The molecule has 2 aromatic carbocycles. The Bertz CT molecular complexity index is 1350. The molecule has 0 bridgehead atoms. The Labute approximate surface area is 203 Å². The lowest BCUT2D eigenvalue weighted by molar-refractivity contribution is -0.126. The highest BCUT2D eigenvalue weighted by Crippen LogP contribution is 2.48. The molecule has 6 nitrogen and oxygen atoms in total. The van der Waals surface area contributed by atoms with E-state index in [0.717, 1.165) is 72.2 Å². The third-order valence-electron chi connectivity index (χ3n) is 8.23. The minimum atomic E-state index is -1.28. The zero-order valence-electron chi connectivity index (χ0n) is 19.7. The van der Waals surface area contributed by atoms with Crippen LogP contribution >= 0.6 is 0 Å². The van der Waals surface area contributed by atoms with Crippen LogP contribution in [0.2, 0.25) is 0 Å². The van der Waals surface area contributed by atoms with E-state index < -0.39 is 6.23 Å². The van der Waals surface area contributed by atoms with E-state index in [-0.39, 0.29) is 17.1 Å². The monoisotopic (exact) mass is 475 g/mol. The highest BCUT2D eigenvalue weighted by atomic mass is 19.1. The molecule has 3 aliphatic rings. The summed E-state index contributed by atoms with van der Waals surface area (Å²) in [6, 6.07) is 7.27. The van der Waals surface area contributed by atoms with Crippen LogP contribution in [-0.4, -0.2) is 40.7 Å². The normalized spacial score (nSPS) is 22.3. The molecule has 6 rings (SSSR count). The topological polar surface area (TPSA) is 91.6 Å². The van der Waals surface area contributed by atoms with Crippen LogP contribution in [0.15, 0.2) is 36.9 Å². The lowest BCUT2D eigenvalue weighted by Crippen LogP contribution is -2.35. The van der Waals surface area contributed by atoms with Gasteiger partial charge in [-0.15, -0.1) is 0 Å². The van der Waals surface area contributed by atoms with Crippen molar-refractivity contribution in [3.63, 3.8) is 0 Å². The first-order valence-electron chi connectivity index (χ1n) is 12.3. The van der Waals surface area contributed by atoms with Crippen LogP contribution in [0.1, 0.15) is 47.0 Å². The number of aliphatic hydroxyl groups excluding tert-OH is 1. The van der Waals surface area contributed by atoms with Crippen LogP contribution < -0.4 is 5.73 Å². The van der Waals surface area contributed by atoms with Crippen molar-refractivity contribution < 1.29 is 19.0 Å². The van der Waals surface area contributed by atoms with Crippen molar-refractivity contribution in [3.05, 3.63) is 70.7 Å². The van der Waals surface area contributed by atoms with E-state index in [0.29, 0.717) is 36.2 Å². The van der Waals surface area contributed by atoms with Gasteiger partial charge in [0, 0.05) is 47.3 Å². The van der Waals surface area contributed by atoms with Crippen molar-refractivity contribution in [2.75, 3.05) is 19.8 Å². The zero-order valence-corrected chi connectivity index (χ0v) is 19.7. The molecule has 7 heteroatoms. The van der Waals surface area contributed by atoms with Gasteiger partial charge in [0.1, 0.15) is 12.0 Å². The molecule has 4 N–H and O–H groups in total. The minimum Gasteiger partial charge on any atom is -0.381 e. The van der Waals surface area contributed by atoms with E-state index in [1.165, 1.54) is 12.1 Å². The van der Waals surface area contributed by atoms with Gasteiger partial charge in [0.05, 0.1) is 12.1 Å². The Balaban J connectivity index is 1.57.